The summed E-state index contributed by atoms with van der Waals surface area (Å²) in [4.78, 5) is 5.50. The molecule has 4 unspecified atom stereocenters. The number of hydrogen-bond acceptors (Lipinski definition) is 2. The van der Waals surface area contributed by atoms with Crippen LogP contribution < -0.4 is 9.80 Å². The summed E-state index contributed by atoms with van der Waals surface area (Å²) in [5.74, 6) is 0. The minimum Gasteiger partial charge on any atom is -0.334 e. The molecular formula is C84H68N2. The van der Waals surface area contributed by atoms with Gasteiger partial charge in [0.1, 0.15) is 0 Å². The number of para-hydroxylation sites is 2. The van der Waals surface area contributed by atoms with Crippen LogP contribution in [0.2, 0.25) is 0 Å². The van der Waals surface area contributed by atoms with Crippen molar-refractivity contribution < 1.29 is 0 Å². The van der Waals surface area contributed by atoms with Crippen molar-refractivity contribution in [2.75, 3.05) is 9.80 Å². The summed E-state index contributed by atoms with van der Waals surface area (Å²) < 4.78 is 0. The standard InChI is InChI=1S/C84H68N2/c1-81-43-17-19-45-83(81,3)85(59-29-13-7-14-30-59)79-70-49-55-27-21-33-62(67(55)47-57(70)35-41-75(79)81)72-51-69(54-25-11-6-12-26-54)74-52-73(65-38-37-61(53-23-9-5-10-24-53)64-39-40-66(72)78(74)77(64)65)63-34-22-28-56-50-71-58(48-68(56)63)36-42-76-80(71)86(60-31-15-8-16-32-60)84(4)46-20-18-44-82(76,84)2/h5-16,21-42,47-52H,17-20,43-46H2,1-4H3. The van der Waals surface area contributed by atoms with E-state index in [1.165, 1.54) is 205 Å². The Labute approximate surface area is 504 Å². The lowest BCUT2D eigenvalue weighted by Crippen LogP contribution is -2.54. The molecule has 2 heteroatoms. The van der Waals surface area contributed by atoms with Crippen LogP contribution in [0, 0.1) is 0 Å². The topological polar surface area (TPSA) is 6.48 Å². The predicted molar refractivity (Wildman–Crippen MR) is 368 cm³/mol. The number of nitrogens with zero attached hydrogens (tertiary/aromatic N) is 2. The summed E-state index contributed by atoms with van der Waals surface area (Å²) in [7, 11) is 0. The molecule has 14 aromatic rings. The second-order valence-electron chi connectivity index (χ2n) is 26.8. The number of rotatable bonds is 6. The highest BCUT2D eigenvalue weighted by atomic mass is 15.3. The first-order valence-electron chi connectivity index (χ1n) is 31.7. The monoisotopic (exact) mass is 1100 g/mol. The molecule has 4 aliphatic rings. The SMILES string of the molecule is CC12CCCCC1(C)N(c1ccccc1)c1c2ccc2cc3c(-c4cc5c(-c6ccccc6)cc(-c6cccc7cc8c9c(ccc8cc67)C6(C)CCCCC6(C)N9c6ccccc6)c6ccc7c(-c8ccccc8)ccc4c7c56)cccc3cc12. The quantitative estimate of drug-likeness (QED) is 0.121. The van der Waals surface area contributed by atoms with E-state index in [4.69, 9.17) is 0 Å². The summed E-state index contributed by atoms with van der Waals surface area (Å²) in [5.41, 5.74) is 18.4. The molecule has 86 heavy (non-hydrogen) atoms. The minimum absolute atomic E-state index is 0.0283. The van der Waals surface area contributed by atoms with E-state index in [2.05, 4.69) is 280 Å². The molecule has 0 radical (unpaired) electrons. The fraction of sp³-hybridized carbons (Fsp3) is 0.190. The maximum Gasteiger partial charge on any atom is 0.0535 e. The van der Waals surface area contributed by atoms with E-state index in [1.54, 1.807) is 0 Å². The second-order valence-corrected chi connectivity index (χ2v) is 26.8. The molecule has 2 heterocycles. The molecule has 4 atom stereocenters. The van der Waals surface area contributed by atoms with E-state index < -0.39 is 0 Å². The van der Waals surface area contributed by atoms with E-state index in [9.17, 15) is 0 Å². The molecule has 14 aromatic carbocycles. The van der Waals surface area contributed by atoms with Crippen LogP contribution in [0.4, 0.5) is 22.7 Å². The van der Waals surface area contributed by atoms with Crippen LogP contribution in [0.5, 0.6) is 0 Å². The van der Waals surface area contributed by atoms with Gasteiger partial charge in [-0.15, -0.1) is 0 Å². The summed E-state index contributed by atoms with van der Waals surface area (Å²) >= 11 is 0. The Kier molecular flexibility index (Phi) is 10.6. The van der Waals surface area contributed by atoms with Crippen molar-refractivity contribution in [3.05, 3.63) is 254 Å². The molecular weight excluding hydrogens is 1040 g/mol. The molecule has 18 rings (SSSR count). The average Bonchev–Trinajstić information content (AvgIpc) is 1.45. The maximum absolute atomic E-state index is 2.75. The normalized spacial score (nSPS) is 21.7. The summed E-state index contributed by atoms with van der Waals surface area (Å²) in [5, 5.41) is 18.1. The fourth-order valence-corrected chi connectivity index (χ4v) is 18.2. The highest BCUT2D eigenvalue weighted by Gasteiger charge is 2.59. The number of fused-ring (bicyclic) bond motifs is 12. The van der Waals surface area contributed by atoms with E-state index >= 15 is 0 Å². The van der Waals surface area contributed by atoms with Crippen LogP contribution in [0.25, 0.3) is 120 Å². The number of anilines is 4. The zero-order valence-corrected chi connectivity index (χ0v) is 49.6. The smallest absolute Gasteiger partial charge is 0.0535 e. The molecule has 2 saturated carbocycles. The number of benzene rings is 14. The van der Waals surface area contributed by atoms with Crippen LogP contribution >= 0.6 is 0 Å². The second kappa shape index (κ2) is 18.1. The van der Waals surface area contributed by atoms with Gasteiger partial charge in [0, 0.05) is 33.0 Å². The van der Waals surface area contributed by atoms with E-state index in [0.717, 1.165) is 0 Å². The molecule has 2 aliphatic carbocycles. The molecule has 0 bridgehead atoms. The first-order chi connectivity index (χ1) is 42.1. The zero-order valence-electron chi connectivity index (χ0n) is 49.6. The van der Waals surface area contributed by atoms with Crippen molar-refractivity contribution in [2.24, 2.45) is 0 Å². The summed E-state index contributed by atoms with van der Waals surface area (Å²) in [6, 6.07) is 93.7. The molecule has 2 aliphatic heterocycles. The van der Waals surface area contributed by atoms with Crippen LogP contribution in [0.3, 0.4) is 0 Å². The lowest BCUT2D eigenvalue weighted by atomic mass is 9.61. The molecule has 0 saturated heterocycles. The van der Waals surface area contributed by atoms with Gasteiger partial charge in [-0.2, -0.15) is 0 Å². The van der Waals surface area contributed by atoms with Crippen molar-refractivity contribution in [1.82, 2.24) is 0 Å². The first kappa shape index (κ1) is 50.1. The van der Waals surface area contributed by atoms with E-state index in [1.807, 2.05) is 0 Å². The van der Waals surface area contributed by atoms with Gasteiger partial charge in [0.15, 0.2) is 0 Å². The Morgan fingerprint density at radius 3 is 1.16 bits per heavy atom. The average molecular weight is 1110 g/mol. The van der Waals surface area contributed by atoms with E-state index in [0.29, 0.717) is 0 Å². The third-order valence-electron chi connectivity index (χ3n) is 22.8. The van der Waals surface area contributed by atoms with E-state index in [-0.39, 0.29) is 21.9 Å². The minimum atomic E-state index is -0.0292. The Bertz CT molecular complexity index is 5120. The molecule has 414 valence electrons. The van der Waals surface area contributed by atoms with Crippen LogP contribution in [-0.4, -0.2) is 11.1 Å². The maximum atomic E-state index is 2.75. The molecule has 0 spiro atoms. The van der Waals surface area contributed by atoms with Crippen molar-refractivity contribution in [3.8, 4) is 44.5 Å². The van der Waals surface area contributed by atoms with Gasteiger partial charge in [-0.1, -0.05) is 222 Å². The molecule has 0 aromatic heterocycles. The Morgan fingerprint density at radius 1 is 0.267 bits per heavy atom. The van der Waals surface area contributed by atoms with Gasteiger partial charge in [0.25, 0.3) is 0 Å². The Balaban J connectivity index is 0.889. The van der Waals surface area contributed by atoms with Gasteiger partial charge in [-0.25, -0.2) is 0 Å². The van der Waals surface area contributed by atoms with Gasteiger partial charge in [0.05, 0.1) is 22.5 Å². The van der Waals surface area contributed by atoms with Gasteiger partial charge >= 0.3 is 0 Å². The zero-order chi connectivity index (χ0) is 57.3. The predicted octanol–water partition coefficient (Wildman–Crippen LogP) is 23.3. The van der Waals surface area contributed by atoms with Crippen LogP contribution in [0.15, 0.2) is 243 Å². The third-order valence-corrected chi connectivity index (χ3v) is 22.8. The third kappa shape index (κ3) is 6.68. The Hall–Kier alpha value is -9.24. The number of hydrogen-bond donors (Lipinski definition) is 0. The van der Waals surface area contributed by atoms with Gasteiger partial charge in [-0.05, 0) is 220 Å². The Morgan fingerprint density at radius 2 is 0.663 bits per heavy atom. The summed E-state index contributed by atoms with van der Waals surface area (Å²) in [6.07, 6.45) is 9.78. The highest BCUT2D eigenvalue weighted by Crippen LogP contribution is 2.65. The van der Waals surface area contributed by atoms with Gasteiger partial charge in [-0.3, -0.25) is 0 Å². The van der Waals surface area contributed by atoms with Crippen molar-refractivity contribution in [1.29, 1.82) is 0 Å². The summed E-state index contributed by atoms with van der Waals surface area (Å²) in [6.45, 7) is 10.2. The highest BCUT2D eigenvalue weighted by molar-refractivity contribution is 6.33. The van der Waals surface area contributed by atoms with Crippen molar-refractivity contribution in [3.63, 3.8) is 0 Å². The molecule has 0 N–H and O–H groups in total. The van der Waals surface area contributed by atoms with Crippen molar-refractivity contribution in [2.45, 2.75) is 101 Å². The molecule has 2 fully saturated rings. The van der Waals surface area contributed by atoms with Crippen LogP contribution in [0.1, 0.15) is 90.2 Å². The first-order valence-corrected chi connectivity index (χ1v) is 31.7. The van der Waals surface area contributed by atoms with Crippen LogP contribution in [-0.2, 0) is 10.8 Å². The van der Waals surface area contributed by atoms with Gasteiger partial charge in [0.2, 0.25) is 0 Å². The lowest BCUT2D eigenvalue weighted by molar-refractivity contribution is 0.195. The van der Waals surface area contributed by atoms with Crippen molar-refractivity contribution >= 4 is 98.2 Å². The van der Waals surface area contributed by atoms with Gasteiger partial charge < -0.3 is 9.80 Å². The molecule has 0 amide bonds. The largest absolute Gasteiger partial charge is 0.334 e. The molecule has 2 nitrogen and oxygen atoms in total. The lowest BCUT2D eigenvalue weighted by Gasteiger charge is -2.50. The fourth-order valence-electron chi connectivity index (χ4n) is 18.2.